The summed E-state index contributed by atoms with van der Waals surface area (Å²) in [6, 6.07) is 17.1. The predicted octanol–water partition coefficient (Wildman–Crippen LogP) is 5.05. The topological polar surface area (TPSA) is 105 Å². The number of ether oxygens (including phenoxy) is 2. The van der Waals surface area contributed by atoms with Crippen molar-refractivity contribution in [2.45, 2.75) is 45.2 Å². The van der Waals surface area contributed by atoms with Crippen LogP contribution < -0.4 is 19.1 Å². The number of nitrogens with zero attached hydrogens (tertiary/aromatic N) is 2. The Bertz CT molecular complexity index is 1480. The normalized spacial score (nSPS) is 12.0. The monoisotopic (exact) mass is 615 g/mol. The van der Waals surface area contributed by atoms with Gasteiger partial charge in [0.25, 0.3) is 10.0 Å². The van der Waals surface area contributed by atoms with E-state index in [1.54, 1.807) is 55.5 Å². The molecule has 0 aliphatic carbocycles. The van der Waals surface area contributed by atoms with E-state index in [1.165, 1.54) is 37.3 Å². The third-order valence-electron chi connectivity index (χ3n) is 6.66. The van der Waals surface area contributed by atoms with Gasteiger partial charge in [-0.15, -0.1) is 0 Å². The second-order valence-corrected chi connectivity index (χ2v) is 12.6. The van der Waals surface area contributed by atoms with Gasteiger partial charge in [-0.05, 0) is 61.7 Å². The summed E-state index contributed by atoms with van der Waals surface area (Å²) >= 11 is 6.06. The third-order valence-corrected chi connectivity index (χ3v) is 8.68. The molecule has 11 heteroatoms. The van der Waals surface area contributed by atoms with E-state index in [0.29, 0.717) is 23.0 Å². The van der Waals surface area contributed by atoms with Crippen molar-refractivity contribution < 1.29 is 27.5 Å². The standard InChI is InChI=1S/C31H38ClN3O6S/c1-21(2)18-33-31(37)23(4)34(19-24-9-11-25(32)12-10-24)30(36)20-35(26-13-7-22(3)8-14-26)42(38,39)27-15-16-28(40-5)29(17-27)41-6/h7-17,21,23H,18-20H2,1-6H3,(H,33,37)/t23-/m0/s1. The second-order valence-electron chi connectivity index (χ2n) is 10.3. The van der Waals surface area contributed by atoms with Gasteiger partial charge in [0.1, 0.15) is 12.6 Å². The molecule has 1 atom stereocenters. The number of nitrogens with one attached hydrogen (secondary N) is 1. The lowest BCUT2D eigenvalue weighted by Crippen LogP contribution is -2.51. The molecule has 3 aromatic carbocycles. The molecule has 0 heterocycles. The molecule has 3 rings (SSSR count). The largest absolute Gasteiger partial charge is 0.493 e. The van der Waals surface area contributed by atoms with Crippen LogP contribution in [0.25, 0.3) is 0 Å². The Labute approximate surface area is 253 Å². The Balaban J connectivity index is 2.04. The number of sulfonamides is 1. The molecule has 0 aliphatic heterocycles. The van der Waals surface area contributed by atoms with E-state index >= 15 is 0 Å². The molecule has 0 bridgehead atoms. The van der Waals surface area contributed by atoms with E-state index in [4.69, 9.17) is 21.1 Å². The molecular formula is C31H38ClN3O6S. The van der Waals surface area contributed by atoms with Crippen molar-refractivity contribution in [3.05, 3.63) is 82.9 Å². The maximum Gasteiger partial charge on any atom is 0.264 e. The molecule has 42 heavy (non-hydrogen) atoms. The first-order valence-electron chi connectivity index (χ1n) is 13.5. The molecule has 2 amide bonds. The summed E-state index contributed by atoms with van der Waals surface area (Å²) in [5.74, 6) is -0.0824. The van der Waals surface area contributed by atoms with Gasteiger partial charge < -0.3 is 19.7 Å². The predicted molar refractivity (Wildman–Crippen MR) is 165 cm³/mol. The Morgan fingerprint density at radius 1 is 0.905 bits per heavy atom. The molecule has 0 aromatic heterocycles. The zero-order valence-corrected chi connectivity index (χ0v) is 26.3. The van der Waals surface area contributed by atoms with Crippen LogP contribution >= 0.6 is 11.6 Å². The molecular weight excluding hydrogens is 578 g/mol. The van der Waals surface area contributed by atoms with Gasteiger partial charge in [0.15, 0.2) is 11.5 Å². The van der Waals surface area contributed by atoms with Crippen LogP contribution in [0.4, 0.5) is 5.69 Å². The Morgan fingerprint density at radius 3 is 2.10 bits per heavy atom. The number of carbonyl (C=O) groups excluding carboxylic acids is 2. The molecule has 0 aliphatic rings. The van der Waals surface area contributed by atoms with Crippen molar-refractivity contribution >= 4 is 39.1 Å². The van der Waals surface area contributed by atoms with Crippen molar-refractivity contribution in [2.75, 3.05) is 31.6 Å². The van der Waals surface area contributed by atoms with E-state index in [-0.39, 0.29) is 29.0 Å². The highest BCUT2D eigenvalue weighted by Gasteiger charge is 2.33. The lowest BCUT2D eigenvalue weighted by molar-refractivity contribution is -0.139. The Morgan fingerprint density at radius 2 is 1.52 bits per heavy atom. The molecule has 9 nitrogen and oxygen atoms in total. The van der Waals surface area contributed by atoms with Crippen molar-refractivity contribution in [2.24, 2.45) is 5.92 Å². The van der Waals surface area contributed by atoms with Crippen LogP contribution in [0.3, 0.4) is 0 Å². The molecule has 226 valence electrons. The molecule has 0 saturated carbocycles. The first-order chi connectivity index (χ1) is 19.9. The van der Waals surface area contributed by atoms with Crippen molar-refractivity contribution in [1.82, 2.24) is 10.2 Å². The fraction of sp³-hybridized carbons (Fsp3) is 0.355. The fourth-order valence-electron chi connectivity index (χ4n) is 4.17. The minimum Gasteiger partial charge on any atom is -0.493 e. The molecule has 0 fully saturated rings. The fourth-order valence-corrected chi connectivity index (χ4v) is 5.72. The molecule has 1 N–H and O–H groups in total. The number of hydrogen-bond donors (Lipinski definition) is 1. The van der Waals surface area contributed by atoms with Gasteiger partial charge in [0.05, 0.1) is 24.8 Å². The number of benzene rings is 3. The highest BCUT2D eigenvalue weighted by molar-refractivity contribution is 7.92. The van der Waals surface area contributed by atoms with Crippen LogP contribution in [0.2, 0.25) is 5.02 Å². The Hall–Kier alpha value is -3.76. The van der Waals surface area contributed by atoms with E-state index in [9.17, 15) is 18.0 Å². The highest BCUT2D eigenvalue weighted by Crippen LogP contribution is 2.32. The van der Waals surface area contributed by atoms with Crippen LogP contribution in [0.1, 0.15) is 31.9 Å². The number of carbonyl (C=O) groups is 2. The summed E-state index contributed by atoms with van der Waals surface area (Å²) in [4.78, 5) is 28.4. The van der Waals surface area contributed by atoms with Gasteiger partial charge in [-0.2, -0.15) is 0 Å². The van der Waals surface area contributed by atoms with Crippen LogP contribution in [0.15, 0.2) is 71.6 Å². The minimum absolute atomic E-state index is 0.0738. The highest BCUT2D eigenvalue weighted by atomic mass is 35.5. The van der Waals surface area contributed by atoms with E-state index < -0.39 is 28.5 Å². The molecule has 0 spiro atoms. The number of anilines is 1. The van der Waals surface area contributed by atoms with Crippen LogP contribution in [0.5, 0.6) is 11.5 Å². The maximum absolute atomic E-state index is 14.1. The van der Waals surface area contributed by atoms with Crippen molar-refractivity contribution in [1.29, 1.82) is 0 Å². The van der Waals surface area contributed by atoms with Gasteiger partial charge in [-0.1, -0.05) is 55.3 Å². The SMILES string of the molecule is COc1ccc(S(=O)(=O)N(CC(=O)N(Cc2ccc(Cl)cc2)[C@@H](C)C(=O)NCC(C)C)c2ccc(C)cc2)cc1OC. The van der Waals surface area contributed by atoms with Crippen LogP contribution in [0, 0.1) is 12.8 Å². The smallest absolute Gasteiger partial charge is 0.264 e. The summed E-state index contributed by atoms with van der Waals surface area (Å²) in [6.45, 7) is 7.42. The molecule has 3 aromatic rings. The summed E-state index contributed by atoms with van der Waals surface area (Å²) < 4.78 is 39.8. The first-order valence-corrected chi connectivity index (χ1v) is 15.3. The number of hydrogen-bond acceptors (Lipinski definition) is 6. The zero-order valence-electron chi connectivity index (χ0n) is 24.8. The van der Waals surface area contributed by atoms with Crippen molar-refractivity contribution in [3.8, 4) is 11.5 Å². The van der Waals surface area contributed by atoms with E-state index in [1.807, 2.05) is 20.8 Å². The molecule has 0 radical (unpaired) electrons. The number of aryl methyl sites for hydroxylation is 1. The average molecular weight is 616 g/mol. The van der Waals surface area contributed by atoms with Crippen LogP contribution in [-0.2, 0) is 26.2 Å². The minimum atomic E-state index is -4.27. The summed E-state index contributed by atoms with van der Waals surface area (Å²) in [5, 5.41) is 3.40. The quantitative estimate of drug-likeness (QED) is 0.289. The maximum atomic E-state index is 14.1. The Kier molecular flexibility index (Phi) is 11.2. The third kappa shape index (κ3) is 8.17. The van der Waals surface area contributed by atoms with Gasteiger partial charge in [-0.25, -0.2) is 8.42 Å². The lowest BCUT2D eigenvalue weighted by Gasteiger charge is -2.32. The summed E-state index contributed by atoms with van der Waals surface area (Å²) in [5.41, 5.74) is 1.96. The van der Waals surface area contributed by atoms with E-state index in [0.717, 1.165) is 15.4 Å². The second kappa shape index (κ2) is 14.4. The zero-order chi connectivity index (χ0) is 31.0. The average Bonchev–Trinajstić information content (AvgIpc) is 2.97. The van der Waals surface area contributed by atoms with Gasteiger partial charge in [0, 0.05) is 24.2 Å². The summed E-state index contributed by atoms with van der Waals surface area (Å²) in [7, 11) is -1.40. The van der Waals surface area contributed by atoms with Gasteiger partial charge in [0.2, 0.25) is 11.8 Å². The molecule has 0 saturated heterocycles. The number of halogens is 1. The summed E-state index contributed by atoms with van der Waals surface area (Å²) in [6.07, 6.45) is 0. The van der Waals surface area contributed by atoms with Gasteiger partial charge in [-0.3, -0.25) is 13.9 Å². The van der Waals surface area contributed by atoms with Gasteiger partial charge >= 0.3 is 0 Å². The lowest BCUT2D eigenvalue weighted by atomic mass is 10.1. The van der Waals surface area contributed by atoms with E-state index in [2.05, 4.69) is 5.32 Å². The molecule has 0 unspecified atom stereocenters. The number of rotatable bonds is 13. The first kappa shape index (κ1) is 32.8. The number of amides is 2. The number of methoxy groups -OCH3 is 2. The van der Waals surface area contributed by atoms with Crippen LogP contribution in [-0.4, -0.2) is 58.5 Å². The van der Waals surface area contributed by atoms with Crippen molar-refractivity contribution in [3.63, 3.8) is 0 Å².